The van der Waals surface area contributed by atoms with Gasteiger partial charge >= 0.3 is 6.18 Å². The third-order valence-electron chi connectivity index (χ3n) is 5.89. The molecule has 1 aliphatic rings. The van der Waals surface area contributed by atoms with Gasteiger partial charge in [-0.1, -0.05) is 30.3 Å². The predicted molar refractivity (Wildman–Crippen MR) is 119 cm³/mol. The SMILES string of the molecule is Nc1cc2ccccc2c(CCCCN2CCN(c3cccc(C(F)(F)F)c3)CC2)n1. The van der Waals surface area contributed by atoms with Gasteiger partial charge in [0.15, 0.2) is 0 Å². The number of piperazine rings is 1. The van der Waals surface area contributed by atoms with Gasteiger partial charge in [0.05, 0.1) is 11.3 Å². The van der Waals surface area contributed by atoms with E-state index in [1.807, 2.05) is 23.1 Å². The van der Waals surface area contributed by atoms with Crippen molar-refractivity contribution in [2.75, 3.05) is 43.4 Å². The summed E-state index contributed by atoms with van der Waals surface area (Å²) < 4.78 is 38.9. The molecular weight excluding hydrogens is 401 g/mol. The summed E-state index contributed by atoms with van der Waals surface area (Å²) in [6.07, 6.45) is -1.35. The summed E-state index contributed by atoms with van der Waals surface area (Å²) in [5.74, 6) is 0.555. The van der Waals surface area contributed by atoms with Gasteiger partial charge in [-0.05, 0) is 55.5 Å². The topological polar surface area (TPSA) is 45.4 Å². The molecule has 2 heterocycles. The summed E-state index contributed by atoms with van der Waals surface area (Å²) in [7, 11) is 0. The van der Waals surface area contributed by atoms with Crippen LogP contribution in [0.5, 0.6) is 0 Å². The van der Waals surface area contributed by atoms with Crippen LogP contribution in [0.25, 0.3) is 10.8 Å². The second-order valence-electron chi connectivity index (χ2n) is 8.05. The lowest BCUT2D eigenvalue weighted by molar-refractivity contribution is -0.137. The molecule has 4 rings (SSSR count). The van der Waals surface area contributed by atoms with E-state index in [9.17, 15) is 13.2 Å². The number of unbranched alkanes of at least 4 members (excludes halogenated alkanes) is 1. The first kappa shape index (κ1) is 21.4. The molecule has 0 aliphatic carbocycles. The molecule has 0 spiro atoms. The largest absolute Gasteiger partial charge is 0.416 e. The average molecular weight is 429 g/mol. The van der Waals surface area contributed by atoms with Crippen molar-refractivity contribution >= 4 is 22.3 Å². The Morgan fingerprint density at radius 2 is 1.68 bits per heavy atom. The van der Waals surface area contributed by atoms with Gasteiger partial charge in [0.1, 0.15) is 5.82 Å². The lowest BCUT2D eigenvalue weighted by Crippen LogP contribution is -2.46. The van der Waals surface area contributed by atoms with E-state index < -0.39 is 11.7 Å². The highest BCUT2D eigenvalue weighted by atomic mass is 19.4. The van der Waals surface area contributed by atoms with Gasteiger partial charge < -0.3 is 10.6 Å². The highest BCUT2D eigenvalue weighted by Gasteiger charge is 2.31. The van der Waals surface area contributed by atoms with Crippen LogP contribution in [0.2, 0.25) is 0 Å². The predicted octanol–water partition coefficient (Wildman–Crippen LogP) is 4.98. The maximum atomic E-state index is 13.0. The second kappa shape index (κ2) is 9.14. The van der Waals surface area contributed by atoms with Crippen molar-refractivity contribution in [2.24, 2.45) is 0 Å². The Morgan fingerprint density at radius 1 is 0.903 bits per heavy atom. The molecule has 1 aliphatic heterocycles. The molecule has 0 saturated carbocycles. The molecule has 0 unspecified atom stereocenters. The Morgan fingerprint density at radius 3 is 2.45 bits per heavy atom. The Balaban J connectivity index is 1.25. The summed E-state index contributed by atoms with van der Waals surface area (Å²) in [5.41, 5.74) is 7.06. The number of nitrogens with two attached hydrogens (primary N) is 1. The van der Waals surface area contributed by atoms with Crippen molar-refractivity contribution in [1.29, 1.82) is 0 Å². The summed E-state index contributed by atoms with van der Waals surface area (Å²) in [5, 5.41) is 2.28. The number of fused-ring (bicyclic) bond motifs is 1. The maximum Gasteiger partial charge on any atom is 0.416 e. The van der Waals surface area contributed by atoms with Crippen molar-refractivity contribution in [3.8, 4) is 0 Å². The smallest absolute Gasteiger partial charge is 0.384 e. The fourth-order valence-electron chi connectivity index (χ4n) is 4.22. The molecule has 0 atom stereocenters. The highest BCUT2D eigenvalue weighted by Crippen LogP contribution is 2.32. The molecule has 2 N–H and O–H groups in total. The third kappa shape index (κ3) is 5.28. The number of rotatable bonds is 6. The monoisotopic (exact) mass is 428 g/mol. The number of nitrogen functional groups attached to an aromatic ring is 1. The van der Waals surface area contributed by atoms with Gasteiger partial charge in [-0.25, -0.2) is 4.98 Å². The number of pyridine rings is 1. The summed E-state index contributed by atoms with van der Waals surface area (Å²) in [6, 6.07) is 15.7. The maximum absolute atomic E-state index is 13.0. The Hall–Kier alpha value is -2.80. The number of aryl methyl sites for hydroxylation is 1. The van der Waals surface area contributed by atoms with Crippen molar-refractivity contribution in [3.05, 3.63) is 65.9 Å². The molecule has 0 amide bonds. The van der Waals surface area contributed by atoms with Crippen LogP contribution in [0.1, 0.15) is 24.1 Å². The number of hydrogen-bond acceptors (Lipinski definition) is 4. The third-order valence-corrected chi connectivity index (χ3v) is 5.89. The number of benzene rings is 2. The molecule has 164 valence electrons. The van der Waals surface area contributed by atoms with Crippen LogP contribution in [-0.4, -0.2) is 42.6 Å². The van der Waals surface area contributed by atoms with Crippen molar-refractivity contribution in [3.63, 3.8) is 0 Å². The fourth-order valence-corrected chi connectivity index (χ4v) is 4.22. The van der Waals surface area contributed by atoms with Crippen molar-refractivity contribution < 1.29 is 13.2 Å². The van der Waals surface area contributed by atoms with Crippen LogP contribution >= 0.6 is 0 Å². The molecule has 4 nitrogen and oxygen atoms in total. The first-order chi connectivity index (χ1) is 14.9. The standard InChI is InChI=1S/C24H27F3N4/c25-24(26,27)19-7-5-8-20(17-19)31-14-12-30(13-15-31)11-4-3-10-22-21-9-2-1-6-18(21)16-23(28)29-22/h1-2,5-9,16-17H,3-4,10-15H2,(H2,28,29). The van der Waals surface area contributed by atoms with Crippen LogP contribution in [-0.2, 0) is 12.6 Å². The molecule has 1 saturated heterocycles. The van der Waals surface area contributed by atoms with E-state index >= 15 is 0 Å². The minimum Gasteiger partial charge on any atom is -0.384 e. The zero-order chi connectivity index (χ0) is 21.8. The molecule has 7 heteroatoms. The van der Waals surface area contributed by atoms with Crippen molar-refractivity contribution in [1.82, 2.24) is 9.88 Å². The second-order valence-corrected chi connectivity index (χ2v) is 8.05. The summed E-state index contributed by atoms with van der Waals surface area (Å²) in [4.78, 5) is 8.95. The van der Waals surface area contributed by atoms with Crippen molar-refractivity contribution in [2.45, 2.75) is 25.4 Å². The summed E-state index contributed by atoms with van der Waals surface area (Å²) >= 11 is 0. The van der Waals surface area contributed by atoms with Gasteiger partial charge in [-0.3, -0.25) is 4.90 Å². The van der Waals surface area contributed by atoms with Gasteiger partial charge in [0.25, 0.3) is 0 Å². The average Bonchev–Trinajstić information content (AvgIpc) is 2.76. The molecule has 1 fully saturated rings. The molecule has 2 aromatic carbocycles. The number of alkyl halides is 3. The first-order valence-corrected chi connectivity index (χ1v) is 10.7. The van der Waals surface area contributed by atoms with Crippen LogP contribution in [0.4, 0.5) is 24.7 Å². The minimum atomic E-state index is -4.30. The van der Waals surface area contributed by atoms with E-state index in [1.165, 1.54) is 12.1 Å². The fraction of sp³-hybridized carbons (Fsp3) is 0.375. The van der Waals surface area contributed by atoms with E-state index in [-0.39, 0.29) is 0 Å². The van der Waals surface area contributed by atoms with Gasteiger partial charge in [-0.15, -0.1) is 0 Å². The van der Waals surface area contributed by atoms with Gasteiger partial charge in [-0.2, -0.15) is 13.2 Å². The molecule has 0 radical (unpaired) electrons. The quantitative estimate of drug-likeness (QED) is 0.563. The zero-order valence-electron chi connectivity index (χ0n) is 17.4. The number of anilines is 2. The van der Waals surface area contributed by atoms with E-state index in [0.717, 1.165) is 74.5 Å². The zero-order valence-corrected chi connectivity index (χ0v) is 17.4. The van der Waals surface area contributed by atoms with E-state index in [0.29, 0.717) is 11.5 Å². The molecular formula is C24H27F3N4. The van der Waals surface area contributed by atoms with Crippen LogP contribution in [0.3, 0.4) is 0 Å². The Labute approximate surface area is 180 Å². The summed E-state index contributed by atoms with van der Waals surface area (Å²) in [6.45, 7) is 4.17. The van der Waals surface area contributed by atoms with Crippen LogP contribution < -0.4 is 10.6 Å². The normalized spacial score (nSPS) is 15.5. The van der Waals surface area contributed by atoms with E-state index in [2.05, 4.69) is 22.0 Å². The van der Waals surface area contributed by atoms with Gasteiger partial charge in [0.2, 0.25) is 0 Å². The number of hydrogen-bond donors (Lipinski definition) is 1. The van der Waals surface area contributed by atoms with Crippen LogP contribution in [0.15, 0.2) is 54.6 Å². The number of halogens is 3. The van der Waals surface area contributed by atoms with Crippen LogP contribution in [0, 0.1) is 0 Å². The molecule has 3 aromatic rings. The number of aromatic nitrogens is 1. The Kier molecular flexibility index (Phi) is 6.32. The lowest BCUT2D eigenvalue weighted by atomic mass is 10.1. The first-order valence-electron chi connectivity index (χ1n) is 10.7. The molecule has 31 heavy (non-hydrogen) atoms. The highest BCUT2D eigenvalue weighted by molar-refractivity contribution is 5.86. The van der Waals surface area contributed by atoms with E-state index in [4.69, 9.17) is 5.73 Å². The number of nitrogens with zero attached hydrogens (tertiary/aromatic N) is 3. The Bertz CT molecular complexity index is 1030. The molecule has 0 bridgehead atoms. The lowest BCUT2D eigenvalue weighted by Gasteiger charge is -2.36. The van der Waals surface area contributed by atoms with Gasteiger partial charge in [0, 0.05) is 37.3 Å². The molecule has 1 aromatic heterocycles. The van der Waals surface area contributed by atoms with E-state index in [1.54, 1.807) is 6.07 Å². The minimum absolute atomic E-state index is 0.555.